The highest BCUT2D eigenvalue weighted by atomic mass is 35.5. The first-order chi connectivity index (χ1) is 17.7. The number of benzene rings is 1. The summed E-state index contributed by atoms with van der Waals surface area (Å²) in [4.78, 5) is 32.5. The molecule has 1 aromatic carbocycles. The topological polar surface area (TPSA) is 67.2 Å². The summed E-state index contributed by atoms with van der Waals surface area (Å²) in [7, 11) is 1.91. The van der Waals surface area contributed by atoms with E-state index in [0.29, 0.717) is 19.3 Å². The Bertz CT molecular complexity index is 1420. The van der Waals surface area contributed by atoms with Crippen LogP contribution in [0.1, 0.15) is 49.9 Å². The van der Waals surface area contributed by atoms with Gasteiger partial charge in [0.15, 0.2) is 5.82 Å². The van der Waals surface area contributed by atoms with Crippen molar-refractivity contribution in [3.63, 3.8) is 0 Å². The smallest absolute Gasteiger partial charge is 0.247 e. The van der Waals surface area contributed by atoms with E-state index < -0.39 is 11.6 Å². The molecule has 0 saturated heterocycles. The fraction of sp³-hybridized carbons (Fsp3) is 0.321. The number of pyridine rings is 1. The van der Waals surface area contributed by atoms with Crippen molar-refractivity contribution < 1.29 is 18.4 Å². The highest BCUT2D eigenvalue weighted by Crippen LogP contribution is 2.37. The second-order valence-electron chi connectivity index (χ2n) is 9.66. The van der Waals surface area contributed by atoms with Crippen molar-refractivity contribution in [1.82, 2.24) is 14.5 Å². The minimum atomic E-state index is -0.861. The first kappa shape index (κ1) is 25.1. The molecule has 0 fully saturated rings. The number of nitrogens with zero attached hydrogens (tertiary/aromatic N) is 3. The molecule has 0 aliphatic carbocycles. The summed E-state index contributed by atoms with van der Waals surface area (Å²) >= 11 is 5.87. The van der Waals surface area contributed by atoms with E-state index in [2.05, 4.69) is 10.3 Å². The third-order valence-corrected chi connectivity index (χ3v) is 7.52. The van der Waals surface area contributed by atoms with Crippen molar-refractivity contribution in [3.05, 3.63) is 76.7 Å². The number of carbonyl (C=O) groups is 2. The molecule has 5 rings (SSSR count). The summed E-state index contributed by atoms with van der Waals surface area (Å²) in [5.74, 6) is -2.21. The van der Waals surface area contributed by atoms with Gasteiger partial charge in [0, 0.05) is 43.5 Å². The maximum Gasteiger partial charge on any atom is 0.247 e. The molecule has 0 saturated carbocycles. The van der Waals surface area contributed by atoms with Crippen molar-refractivity contribution in [2.75, 3.05) is 11.9 Å². The number of amides is 2. The maximum absolute atomic E-state index is 14.6. The molecule has 3 aromatic rings. The standard InChI is InChI=1S/C28H27ClF2N4O2/c1-16-4-3-5-23(22-14-18(8-11-32-22)27-21(33-28(16)37)10-12-34(27)2)35-13-9-17(15-24(35)36)25-20(30)7-6-19(29)26(25)31/h6-8,10-12,14-16,23H,3-5,9,13H2,1-2H3,(H,33,37)/t16-,23?/m1/s1. The Hall–Kier alpha value is -3.52. The first-order valence-electron chi connectivity index (χ1n) is 12.3. The summed E-state index contributed by atoms with van der Waals surface area (Å²) in [6, 6.07) is 7.62. The van der Waals surface area contributed by atoms with Crippen LogP contribution in [0, 0.1) is 17.6 Å². The Labute approximate surface area is 218 Å². The van der Waals surface area contributed by atoms with Gasteiger partial charge in [0.2, 0.25) is 11.8 Å². The van der Waals surface area contributed by atoms with E-state index in [1.165, 1.54) is 6.08 Å². The van der Waals surface area contributed by atoms with E-state index in [-0.39, 0.29) is 52.9 Å². The monoisotopic (exact) mass is 524 g/mol. The minimum absolute atomic E-state index is 0.0500. The van der Waals surface area contributed by atoms with E-state index in [4.69, 9.17) is 11.6 Å². The number of hydrogen-bond donors (Lipinski definition) is 1. The van der Waals surface area contributed by atoms with Crippen molar-refractivity contribution in [1.29, 1.82) is 0 Å². The number of nitrogens with one attached hydrogen (secondary N) is 1. The third-order valence-electron chi connectivity index (χ3n) is 7.23. The van der Waals surface area contributed by atoms with Crippen LogP contribution in [0.5, 0.6) is 0 Å². The molecule has 4 heterocycles. The predicted molar refractivity (Wildman–Crippen MR) is 139 cm³/mol. The number of rotatable bonds is 2. The van der Waals surface area contributed by atoms with Crippen LogP contribution >= 0.6 is 11.6 Å². The zero-order valence-corrected chi connectivity index (χ0v) is 21.4. The zero-order valence-electron chi connectivity index (χ0n) is 20.6. The van der Waals surface area contributed by atoms with Gasteiger partial charge in [-0.3, -0.25) is 14.6 Å². The van der Waals surface area contributed by atoms with Crippen LogP contribution in [0.15, 0.2) is 48.8 Å². The predicted octanol–water partition coefficient (Wildman–Crippen LogP) is 6.13. The number of fused-ring (bicyclic) bond motifs is 4. The van der Waals surface area contributed by atoms with Gasteiger partial charge in [-0.1, -0.05) is 24.9 Å². The lowest BCUT2D eigenvalue weighted by Crippen LogP contribution is -2.38. The molecule has 6 nitrogen and oxygen atoms in total. The van der Waals surface area contributed by atoms with E-state index in [1.54, 1.807) is 11.1 Å². The van der Waals surface area contributed by atoms with Gasteiger partial charge in [-0.05, 0) is 55.2 Å². The second-order valence-corrected chi connectivity index (χ2v) is 10.1. The molecule has 0 radical (unpaired) electrons. The van der Waals surface area contributed by atoms with Gasteiger partial charge < -0.3 is 14.8 Å². The summed E-state index contributed by atoms with van der Waals surface area (Å²) in [5.41, 5.74) is 3.20. The molecule has 1 N–H and O–H groups in total. The van der Waals surface area contributed by atoms with Gasteiger partial charge in [-0.2, -0.15) is 0 Å². The molecule has 2 atom stereocenters. The molecular weight excluding hydrogens is 498 g/mol. The number of anilines is 1. The minimum Gasteiger partial charge on any atom is -0.349 e. The van der Waals surface area contributed by atoms with Crippen LogP contribution in [0.3, 0.4) is 0 Å². The van der Waals surface area contributed by atoms with Crippen molar-refractivity contribution in [2.24, 2.45) is 13.0 Å². The van der Waals surface area contributed by atoms with E-state index in [0.717, 1.165) is 34.8 Å². The average molecular weight is 525 g/mol. The molecule has 37 heavy (non-hydrogen) atoms. The van der Waals surface area contributed by atoms with Gasteiger partial charge in [0.05, 0.1) is 33.7 Å². The summed E-state index contributed by atoms with van der Waals surface area (Å²) in [5, 5.41) is 2.86. The molecular formula is C28H27ClF2N4O2. The first-order valence-corrected chi connectivity index (χ1v) is 12.7. The molecule has 2 aliphatic heterocycles. The molecule has 2 aliphatic rings. The molecule has 2 bridgehead atoms. The Morgan fingerprint density at radius 2 is 1.95 bits per heavy atom. The average Bonchev–Trinajstić information content (AvgIpc) is 3.24. The highest BCUT2D eigenvalue weighted by Gasteiger charge is 2.31. The lowest BCUT2D eigenvalue weighted by molar-refractivity contribution is -0.129. The van der Waals surface area contributed by atoms with Gasteiger partial charge in [-0.15, -0.1) is 0 Å². The van der Waals surface area contributed by atoms with Crippen LogP contribution < -0.4 is 5.32 Å². The molecule has 0 spiro atoms. The Morgan fingerprint density at radius 3 is 2.73 bits per heavy atom. The van der Waals surface area contributed by atoms with Crippen LogP contribution in [-0.2, 0) is 16.6 Å². The fourth-order valence-electron chi connectivity index (χ4n) is 5.22. The lowest BCUT2D eigenvalue weighted by atomic mass is 9.93. The molecule has 2 amide bonds. The van der Waals surface area contributed by atoms with Gasteiger partial charge in [-0.25, -0.2) is 8.78 Å². The molecule has 9 heteroatoms. The zero-order chi connectivity index (χ0) is 26.3. The number of carbonyl (C=O) groups excluding carboxylic acids is 2. The molecule has 192 valence electrons. The maximum atomic E-state index is 14.6. The Balaban J connectivity index is 1.53. The summed E-state index contributed by atoms with van der Waals surface area (Å²) in [6.07, 6.45) is 7.11. The van der Waals surface area contributed by atoms with Gasteiger partial charge in [0.1, 0.15) is 5.82 Å². The number of hydrogen-bond acceptors (Lipinski definition) is 3. The number of aryl methyl sites for hydroxylation is 1. The Morgan fingerprint density at radius 1 is 1.14 bits per heavy atom. The number of halogens is 3. The van der Waals surface area contributed by atoms with Gasteiger partial charge in [0.25, 0.3) is 0 Å². The molecule has 1 unspecified atom stereocenters. The van der Waals surface area contributed by atoms with Crippen molar-refractivity contribution in [3.8, 4) is 11.3 Å². The van der Waals surface area contributed by atoms with E-state index >= 15 is 0 Å². The normalized spacial score (nSPS) is 20.5. The third kappa shape index (κ3) is 4.78. The lowest BCUT2D eigenvalue weighted by Gasteiger charge is -2.34. The molecule has 2 aromatic heterocycles. The van der Waals surface area contributed by atoms with E-state index in [1.807, 2.05) is 42.9 Å². The van der Waals surface area contributed by atoms with Crippen LogP contribution in [0.4, 0.5) is 14.5 Å². The largest absolute Gasteiger partial charge is 0.349 e. The summed E-state index contributed by atoms with van der Waals surface area (Å²) < 4.78 is 31.1. The van der Waals surface area contributed by atoms with Gasteiger partial charge >= 0.3 is 0 Å². The SMILES string of the molecule is C[C@@H]1CCCC(N2CCC(c3c(F)ccc(Cl)c3F)=CC2=O)c2cc(ccn2)-c2c(ccn2C)NC1=O. The van der Waals surface area contributed by atoms with Crippen LogP contribution in [0.25, 0.3) is 16.8 Å². The van der Waals surface area contributed by atoms with Crippen molar-refractivity contribution >= 4 is 34.7 Å². The Kier molecular flexibility index (Phi) is 6.86. The van der Waals surface area contributed by atoms with E-state index in [9.17, 15) is 18.4 Å². The quantitative estimate of drug-likeness (QED) is 0.410. The van der Waals surface area contributed by atoms with Crippen LogP contribution in [0.2, 0.25) is 5.02 Å². The van der Waals surface area contributed by atoms with Crippen LogP contribution in [-0.4, -0.2) is 32.8 Å². The van der Waals surface area contributed by atoms with Crippen molar-refractivity contribution in [2.45, 2.75) is 38.6 Å². The highest BCUT2D eigenvalue weighted by molar-refractivity contribution is 6.31. The second kappa shape index (κ2) is 10.1. The number of aromatic nitrogens is 2. The fourth-order valence-corrected chi connectivity index (χ4v) is 5.38. The summed E-state index contributed by atoms with van der Waals surface area (Å²) in [6.45, 7) is 2.17.